The van der Waals surface area contributed by atoms with Gasteiger partial charge < -0.3 is 14.9 Å². The van der Waals surface area contributed by atoms with Gasteiger partial charge in [0.1, 0.15) is 11.5 Å². The van der Waals surface area contributed by atoms with Crippen LogP contribution in [0.15, 0.2) is 77.3 Å². The number of nitrogens with zero attached hydrogens (tertiary/aromatic N) is 1. The molecule has 1 heterocycles. The molecule has 0 fully saturated rings. The van der Waals surface area contributed by atoms with Crippen LogP contribution in [0.5, 0.6) is 11.5 Å². The Bertz CT molecular complexity index is 833. The minimum atomic E-state index is -0.291. The standard InChI is InChI=1S/C19H16N2O3S/c22-19(14-23-20-13-18-10-5-11-25-18)21-15-6-4-9-17(12-15)24-16-7-2-1-3-8-16/h1-13H,14H2,(H,21,22). The van der Waals surface area contributed by atoms with Crippen LogP contribution in [-0.4, -0.2) is 18.7 Å². The summed E-state index contributed by atoms with van der Waals surface area (Å²) in [5.41, 5.74) is 0.629. The van der Waals surface area contributed by atoms with Crippen LogP contribution in [0.25, 0.3) is 0 Å². The van der Waals surface area contributed by atoms with E-state index in [1.165, 1.54) is 0 Å². The van der Waals surface area contributed by atoms with Crippen LogP contribution < -0.4 is 10.1 Å². The maximum absolute atomic E-state index is 11.9. The monoisotopic (exact) mass is 352 g/mol. The molecule has 1 amide bonds. The minimum absolute atomic E-state index is 0.161. The first kappa shape index (κ1) is 16.7. The molecule has 0 saturated heterocycles. The van der Waals surface area contributed by atoms with Crippen molar-refractivity contribution >= 4 is 29.1 Å². The van der Waals surface area contributed by atoms with Crippen molar-refractivity contribution in [3.63, 3.8) is 0 Å². The molecule has 5 nitrogen and oxygen atoms in total. The Hall–Kier alpha value is -3.12. The molecule has 0 saturated carbocycles. The van der Waals surface area contributed by atoms with Crippen molar-refractivity contribution in [3.05, 3.63) is 77.0 Å². The lowest BCUT2D eigenvalue weighted by Gasteiger charge is -2.08. The minimum Gasteiger partial charge on any atom is -0.457 e. The van der Waals surface area contributed by atoms with Gasteiger partial charge in [0.05, 0.1) is 6.21 Å². The predicted octanol–water partition coefficient (Wildman–Crippen LogP) is 4.53. The van der Waals surface area contributed by atoms with Gasteiger partial charge in [-0.2, -0.15) is 0 Å². The highest BCUT2D eigenvalue weighted by Crippen LogP contribution is 2.23. The van der Waals surface area contributed by atoms with Gasteiger partial charge in [-0.25, -0.2) is 0 Å². The van der Waals surface area contributed by atoms with Gasteiger partial charge in [0.15, 0.2) is 6.61 Å². The first-order valence-corrected chi connectivity index (χ1v) is 8.49. The number of amides is 1. The number of rotatable bonds is 7. The maximum atomic E-state index is 11.9. The number of carbonyl (C=O) groups is 1. The summed E-state index contributed by atoms with van der Waals surface area (Å²) in [6.07, 6.45) is 1.58. The van der Waals surface area contributed by atoms with Crippen molar-refractivity contribution in [3.8, 4) is 11.5 Å². The lowest BCUT2D eigenvalue weighted by Crippen LogP contribution is -2.16. The van der Waals surface area contributed by atoms with Gasteiger partial charge in [-0.05, 0) is 35.7 Å². The largest absolute Gasteiger partial charge is 0.457 e. The molecule has 3 rings (SSSR count). The van der Waals surface area contributed by atoms with Gasteiger partial charge in [-0.3, -0.25) is 4.79 Å². The molecule has 25 heavy (non-hydrogen) atoms. The number of hydrogen-bond donors (Lipinski definition) is 1. The van der Waals surface area contributed by atoms with Crippen molar-refractivity contribution in [1.29, 1.82) is 0 Å². The quantitative estimate of drug-likeness (QED) is 0.502. The third-order valence-corrected chi connectivity index (χ3v) is 3.90. The number of nitrogens with one attached hydrogen (secondary N) is 1. The first-order chi connectivity index (χ1) is 12.3. The van der Waals surface area contributed by atoms with Crippen molar-refractivity contribution in [2.24, 2.45) is 5.16 Å². The van der Waals surface area contributed by atoms with Crippen molar-refractivity contribution in [2.45, 2.75) is 0 Å². The van der Waals surface area contributed by atoms with Crippen LogP contribution in [-0.2, 0) is 9.63 Å². The smallest absolute Gasteiger partial charge is 0.265 e. The van der Waals surface area contributed by atoms with Gasteiger partial charge >= 0.3 is 0 Å². The van der Waals surface area contributed by atoms with E-state index in [4.69, 9.17) is 9.57 Å². The average molecular weight is 352 g/mol. The van der Waals surface area contributed by atoms with Crippen molar-refractivity contribution < 1.29 is 14.4 Å². The third-order valence-electron chi connectivity index (χ3n) is 3.09. The van der Waals surface area contributed by atoms with Crippen LogP contribution in [0, 0.1) is 0 Å². The van der Waals surface area contributed by atoms with Gasteiger partial charge in [0.2, 0.25) is 0 Å². The molecule has 0 spiro atoms. The van der Waals surface area contributed by atoms with E-state index in [1.54, 1.807) is 29.7 Å². The summed E-state index contributed by atoms with van der Waals surface area (Å²) in [4.78, 5) is 17.9. The Morgan fingerprint density at radius 3 is 2.68 bits per heavy atom. The molecule has 126 valence electrons. The fraction of sp³-hybridized carbons (Fsp3) is 0.0526. The highest BCUT2D eigenvalue weighted by atomic mass is 32.1. The molecular weight excluding hydrogens is 336 g/mol. The average Bonchev–Trinajstić information content (AvgIpc) is 3.13. The summed E-state index contributed by atoms with van der Waals surface area (Å²) in [6.45, 7) is -0.161. The number of thiophene rings is 1. The molecule has 3 aromatic rings. The van der Waals surface area contributed by atoms with E-state index in [-0.39, 0.29) is 12.5 Å². The second-order valence-electron chi connectivity index (χ2n) is 5.01. The Morgan fingerprint density at radius 1 is 1.04 bits per heavy atom. The number of anilines is 1. The van der Waals surface area contributed by atoms with Crippen LogP contribution in [0.3, 0.4) is 0 Å². The maximum Gasteiger partial charge on any atom is 0.265 e. The molecule has 0 unspecified atom stereocenters. The normalized spacial score (nSPS) is 10.6. The topological polar surface area (TPSA) is 59.9 Å². The van der Waals surface area contributed by atoms with E-state index < -0.39 is 0 Å². The molecule has 0 aliphatic carbocycles. The summed E-state index contributed by atoms with van der Waals surface area (Å²) >= 11 is 1.54. The molecule has 0 aliphatic heterocycles. The van der Waals surface area contributed by atoms with Crippen LogP contribution in [0.2, 0.25) is 0 Å². The van der Waals surface area contributed by atoms with E-state index in [1.807, 2.05) is 60.0 Å². The SMILES string of the molecule is O=C(CON=Cc1cccs1)Nc1cccc(Oc2ccccc2)c1. The number of para-hydroxylation sites is 1. The Morgan fingerprint density at radius 2 is 1.88 bits per heavy atom. The molecule has 0 atom stereocenters. The van der Waals surface area contributed by atoms with Crippen LogP contribution >= 0.6 is 11.3 Å². The summed E-state index contributed by atoms with van der Waals surface area (Å²) in [5.74, 6) is 1.08. The zero-order valence-electron chi connectivity index (χ0n) is 13.3. The zero-order chi connectivity index (χ0) is 17.3. The van der Waals surface area contributed by atoms with E-state index in [9.17, 15) is 4.79 Å². The number of carbonyl (C=O) groups excluding carboxylic acids is 1. The Balaban J connectivity index is 1.50. The fourth-order valence-corrected chi connectivity index (χ4v) is 2.58. The summed E-state index contributed by atoms with van der Waals surface area (Å²) in [5, 5.41) is 8.46. The molecule has 1 aromatic heterocycles. The second-order valence-corrected chi connectivity index (χ2v) is 5.99. The highest BCUT2D eigenvalue weighted by Gasteiger charge is 2.04. The molecule has 0 bridgehead atoms. The van der Waals surface area contributed by atoms with Crippen molar-refractivity contribution in [2.75, 3.05) is 11.9 Å². The van der Waals surface area contributed by atoms with Gasteiger partial charge in [-0.1, -0.05) is 35.5 Å². The number of ether oxygens (including phenoxy) is 1. The van der Waals surface area contributed by atoms with Crippen LogP contribution in [0.1, 0.15) is 4.88 Å². The molecule has 0 radical (unpaired) electrons. The third kappa shape index (κ3) is 5.47. The highest BCUT2D eigenvalue weighted by molar-refractivity contribution is 7.11. The summed E-state index contributed by atoms with van der Waals surface area (Å²) in [6, 6.07) is 20.4. The number of oxime groups is 1. The molecule has 6 heteroatoms. The number of benzene rings is 2. The van der Waals surface area contributed by atoms with E-state index in [2.05, 4.69) is 10.5 Å². The lowest BCUT2D eigenvalue weighted by atomic mass is 10.3. The zero-order valence-corrected chi connectivity index (χ0v) is 14.1. The van der Waals surface area contributed by atoms with Gasteiger partial charge in [0.25, 0.3) is 5.91 Å². The molecule has 2 aromatic carbocycles. The summed E-state index contributed by atoms with van der Waals surface area (Å²) < 4.78 is 5.74. The van der Waals surface area contributed by atoms with Crippen molar-refractivity contribution in [1.82, 2.24) is 0 Å². The summed E-state index contributed by atoms with van der Waals surface area (Å²) in [7, 11) is 0. The second kappa shape index (κ2) is 8.65. The number of hydrogen-bond acceptors (Lipinski definition) is 5. The lowest BCUT2D eigenvalue weighted by molar-refractivity contribution is -0.120. The van der Waals surface area contributed by atoms with Gasteiger partial charge in [0, 0.05) is 16.6 Å². The Labute approximate surface area is 149 Å². The van der Waals surface area contributed by atoms with E-state index >= 15 is 0 Å². The molecule has 0 aliphatic rings. The predicted molar refractivity (Wildman–Crippen MR) is 99.5 cm³/mol. The van der Waals surface area contributed by atoms with Crippen LogP contribution in [0.4, 0.5) is 5.69 Å². The van der Waals surface area contributed by atoms with Gasteiger partial charge in [-0.15, -0.1) is 11.3 Å². The molecule has 1 N–H and O–H groups in total. The Kier molecular flexibility index (Phi) is 5.79. The molecular formula is C19H16N2O3S. The first-order valence-electron chi connectivity index (χ1n) is 7.61. The van der Waals surface area contributed by atoms with E-state index in [0.717, 1.165) is 10.6 Å². The fourth-order valence-electron chi connectivity index (χ4n) is 2.01. The van der Waals surface area contributed by atoms with E-state index in [0.29, 0.717) is 11.4 Å².